The smallest absolute Gasteiger partial charge is 0.227 e. The van der Waals surface area contributed by atoms with Crippen molar-refractivity contribution in [2.75, 3.05) is 11.9 Å². The van der Waals surface area contributed by atoms with Crippen LogP contribution in [0.1, 0.15) is 24.8 Å². The number of nitrogens with one attached hydrogen (secondary N) is 1. The molecule has 1 aromatic heterocycles. The van der Waals surface area contributed by atoms with E-state index in [9.17, 15) is 4.79 Å². The maximum Gasteiger partial charge on any atom is 0.227 e. The third-order valence-corrected chi connectivity index (χ3v) is 3.98. The molecular formula is C21H20N4O3. The molecular weight excluding hydrogens is 356 g/mol. The van der Waals surface area contributed by atoms with E-state index in [2.05, 4.69) is 21.5 Å². The van der Waals surface area contributed by atoms with Crippen LogP contribution in [0.25, 0.3) is 11.4 Å². The first-order chi connectivity index (χ1) is 13.7. The second kappa shape index (κ2) is 9.33. The Balaban J connectivity index is 1.52. The van der Waals surface area contributed by atoms with Crippen LogP contribution in [0.4, 0.5) is 5.69 Å². The van der Waals surface area contributed by atoms with Crippen LogP contribution < -0.4 is 10.1 Å². The van der Waals surface area contributed by atoms with Gasteiger partial charge in [-0.1, -0.05) is 17.3 Å². The molecule has 3 aromatic rings. The lowest BCUT2D eigenvalue weighted by Crippen LogP contribution is -2.12. The second-order valence-electron chi connectivity index (χ2n) is 6.05. The van der Waals surface area contributed by atoms with E-state index in [1.165, 1.54) is 0 Å². The van der Waals surface area contributed by atoms with Gasteiger partial charge in [0.25, 0.3) is 0 Å². The molecule has 28 heavy (non-hydrogen) atoms. The van der Waals surface area contributed by atoms with Crippen LogP contribution in [0, 0.1) is 11.3 Å². The summed E-state index contributed by atoms with van der Waals surface area (Å²) in [4.78, 5) is 16.4. The summed E-state index contributed by atoms with van der Waals surface area (Å²) in [5.41, 5.74) is 2.42. The van der Waals surface area contributed by atoms with Gasteiger partial charge in [-0.15, -0.1) is 0 Å². The van der Waals surface area contributed by atoms with Gasteiger partial charge < -0.3 is 14.6 Å². The van der Waals surface area contributed by atoms with Gasteiger partial charge in [0.05, 0.1) is 19.1 Å². The van der Waals surface area contributed by atoms with Crippen molar-refractivity contribution in [2.24, 2.45) is 0 Å². The number of benzene rings is 2. The van der Waals surface area contributed by atoms with Gasteiger partial charge in [-0.05, 0) is 48.9 Å². The highest BCUT2D eigenvalue weighted by Gasteiger charge is 2.11. The number of carbonyl (C=O) groups excluding carboxylic acids is 1. The Kier molecular flexibility index (Phi) is 6.37. The molecule has 0 bridgehead atoms. The summed E-state index contributed by atoms with van der Waals surface area (Å²) in [7, 11) is 0. The molecule has 1 heterocycles. The summed E-state index contributed by atoms with van der Waals surface area (Å²) in [6.45, 7) is 2.54. The number of nitrogens with zero attached hydrogens (tertiary/aromatic N) is 3. The zero-order valence-electron chi connectivity index (χ0n) is 15.5. The zero-order chi connectivity index (χ0) is 19.8. The molecule has 2 aromatic carbocycles. The average molecular weight is 376 g/mol. The Morgan fingerprint density at radius 3 is 2.61 bits per heavy atom. The van der Waals surface area contributed by atoms with E-state index in [1.54, 1.807) is 12.1 Å². The van der Waals surface area contributed by atoms with Gasteiger partial charge in [0, 0.05) is 24.1 Å². The number of anilines is 1. The van der Waals surface area contributed by atoms with E-state index in [1.807, 2.05) is 43.3 Å². The number of ether oxygens (including phenoxy) is 1. The lowest BCUT2D eigenvalue weighted by Gasteiger charge is -2.04. The fourth-order valence-electron chi connectivity index (χ4n) is 2.58. The molecule has 0 spiro atoms. The molecule has 0 saturated heterocycles. The van der Waals surface area contributed by atoms with E-state index in [4.69, 9.17) is 14.5 Å². The number of hydrogen-bond acceptors (Lipinski definition) is 6. The minimum absolute atomic E-state index is 0.145. The Bertz CT molecular complexity index is 957. The molecule has 1 N–H and O–H groups in total. The van der Waals surface area contributed by atoms with Crippen molar-refractivity contribution in [1.29, 1.82) is 5.26 Å². The SMILES string of the molecule is CCOc1ccc(-c2noc(CCC(=O)Nc3ccc(CC#N)cc3)n2)cc1. The third kappa shape index (κ3) is 5.17. The van der Waals surface area contributed by atoms with Crippen molar-refractivity contribution in [3.63, 3.8) is 0 Å². The third-order valence-electron chi connectivity index (χ3n) is 3.98. The summed E-state index contributed by atoms with van der Waals surface area (Å²) in [5.74, 6) is 1.52. The maximum atomic E-state index is 12.1. The van der Waals surface area contributed by atoms with E-state index >= 15 is 0 Å². The van der Waals surface area contributed by atoms with Crippen LogP contribution in [0.3, 0.4) is 0 Å². The number of amides is 1. The van der Waals surface area contributed by atoms with Crippen molar-refractivity contribution in [3.8, 4) is 23.2 Å². The summed E-state index contributed by atoms with van der Waals surface area (Å²) >= 11 is 0. The monoisotopic (exact) mass is 376 g/mol. The molecule has 7 nitrogen and oxygen atoms in total. The van der Waals surface area contributed by atoms with Gasteiger partial charge >= 0.3 is 0 Å². The number of aryl methyl sites for hydroxylation is 1. The number of aromatic nitrogens is 2. The largest absolute Gasteiger partial charge is 0.494 e. The van der Waals surface area contributed by atoms with Crippen molar-refractivity contribution in [3.05, 3.63) is 60.0 Å². The predicted molar refractivity (Wildman–Crippen MR) is 104 cm³/mol. The standard InChI is InChI=1S/C21H20N4O3/c1-2-27-18-9-5-16(6-10-18)21-24-20(28-25-21)12-11-19(26)23-17-7-3-15(4-8-17)13-14-22/h3-10H,2,11-13H2,1H3,(H,23,26). The lowest BCUT2D eigenvalue weighted by atomic mass is 10.1. The number of hydrogen-bond donors (Lipinski definition) is 1. The quantitative estimate of drug-likeness (QED) is 0.642. The van der Waals surface area contributed by atoms with Crippen LogP contribution in [-0.2, 0) is 17.6 Å². The zero-order valence-corrected chi connectivity index (χ0v) is 15.5. The lowest BCUT2D eigenvalue weighted by molar-refractivity contribution is -0.116. The molecule has 0 saturated carbocycles. The van der Waals surface area contributed by atoms with Crippen molar-refractivity contribution in [1.82, 2.24) is 10.1 Å². The number of rotatable bonds is 8. The molecule has 0 radical (unpaired) electrons. The van der Waals surface area contributed by atoms with Crippen molar-refractivity contribution >= 4 is 11.6 Å². The predicted octanol–water partition coefficient (Wildman–Crippen LogP) is 3.77. The maximum absolute atomic E-state index is 12.1. The van der Waals surface area contributed by atoms with Crippen LogP contribution in [0.2, 0.25) is 0 Å². The first kappa shape index (κ1) is 19.1. The Morgan fingerprint density at radius 1 is 1.18 bits per heavy atom. The molecule has 0 aliphatic heterocycles. The van der Waals surface area contributed by atoms with Gasteiger partial charge in [0.2, 0.25) is 17.6 Å². The fourth-order valence-corrected chi connectivity index (χ4v) is 2.58. The molecule has 0 unspecified atom stereocenters. The van der Waals surface area contributed by atoms with Crippen LogP contribution in [0.15, 0.2) is 53.1 Å². The Morgan fingerprint density at radius 2 is 1.93 bits per heavy atom. The van der Waals surface area contributed by atoms with E-state index in [0.29, 0.717) is 36.9 Å². The average Bonchev–Trinajstić information content (AvgIpc) is 3.18. The molecule has 7 heteroatoms. The van der Waals surface area contributed by atoms with E-state index in [-0.39, 0.29) is 12.3 Å². The van der Waals surface area contributed by atoms with E-state index < -0.39 is 0 Å². The molecule has 142 valence electrons. The molecule has 0 aliphatic rings. The van der Waals surface area contributed by atoms with Gasteiger partial charge in [-0.25, -0.2) is 0 Å². The van der Waals surface area contributed by atoms with Gasteiger partial charge in [-0.2, -0.15) is 10.2 Å². The first-order valence-electron chi connectivity index (χ1n) is 8.99. The van der Waals surface area contributed by atoms with Gasteiger partial charge in [-0.3, -0.25) is 4.79 Å². The molecule has 3 rings (SSSR count). The van der Waals surface area contributed by atoms with Crippen molar-refractivity contribution < 1.29 is 14.1 Å². The minimum atomic E-state index is -0.145. The minimum Gasteiger partial charge on any atom is -0.494 e. The van der Waals surface area contributed by atoms with E-state index in [0.717, 1.165) is 16.9 Å². The Hall–Kier alpha value is -3.66. The topological polar surface area (TPSA) is 101 Å². The van der Waals surface area contributed by atoms with Crippen molar-refractivity contribution in [2.45, 2.75) is 26.2 Å². The van der Waals surface area contributed by atoms with Crippen LogP contribution >= 0.6 is 0 Å². The summed E-state index contributed by atoms with van der Waals surface area (Å²) in [6, 6.07) is 16.7. The molecule has 0 atom stereocenters. The van der Waals surface area contributed by atoms with Gasteiger partial charge in [0.1, 0.15) is 5.75 Å². The second-order valence-corrected chi connectivity index (χ2v) is 6.05. The molecule has 0 fully saturated rings. The highest BCUT2D eigenvalue weighted by atomic mass is 16.5. The summed E-state index contributed by atoms with van der Waals surface area (Å²) < 4.78 is 10.6. The Labute approximate surface area is 163 Å². The molecule has 1 amide bonds. The number of nitriles is 1. The summed E-state index contributed by atoms with van der Waals surface area (Å²) in [5, 5.41) is 15.5. The number of carbonyl (C=O) groups is 1. The normalized spacial score (nSPS) is 10.3. The molecule has 0 aliphatic carbocycles. The van der Waals surface area contributed by atoms with Crippen LogP contribution in [-0.4, -0.2) is 22.7 Å². The highest BCUT2D eigenvalue weighted by molar-refractivity contribution is 5.90. The van der Waals surface area contributed by atoms with Gasteiger partial charge in [0.15, 0.2) is 0 Å². The summed E-state index contributed by atoms with van der Waals surface area (Å²) in [6.07, 6.45) is 0.926. The van der Waals surface area contributed by atoms with Crippen LogP contribution in [0.5, 0.6) is 5.75 Å². The first-order valence-corrected chi connectivity index (χ1v) is 8.99. The highest BCUT2D eigenvalue weighted by Crippen LogP contribution is 2.20. The fraction of sp³-hybridized carbons (Fsp3) is 0.238.